The van der Waals surface area contributed by atoms with Gasteiger partial charge in [0.15, 0.2) is 5.17 Å². The number of benzene rings is 1. The van der Waals surface area contributed by atoms with E-state index in [-0.39, 0.29) is 5.17 Å². The highest BCUT2D eigenvalue weighted by atomic mass is 35.5. The molecule has 0 aliphatic carbocycles. The van der Waals surface area contributed by atoms with Crippen LogP contribution in [0.4, 0.5) is 0 Å². The van der Waals surface area contributed by atoms with E-state index in [1.54, 1.807) is 6.07 Å². The minimum atomic E-state index is -0.137. The summed E-state index contributed by atoms with van der Waals surface area (Å²) < 4.78 is 0. The number of halogens is 2. The zero-order valence-corrected chi connectivity index (χ0v) is 7.84. The van der Waals surface area contributed by atoms with Gasteiger partial charge in [-0.1, -0.05) is 28.4 Å². The maximum atomic E-state index is 8.57. The molecule has 0 aliphatic heterocycles. The molecule has 3 nitrogen and oxygen atoms in total. The van der Waals surface area contributed by atoms with Crippen molar-refractivity contribution in [2.24, 2.45) is 5.16 Å². The summed E-state index contributed by atoms with van der Waals surface area (Å²) in [4.78, 5) is 0. The van der Waals surface area contributed by atoms with E-state index < -0.39 is 0 Å². The van der Waals surface area contributed by atoms with Crippen molar-refractivity contribution >= 4 is 28.4 Å². The Morgan fingerprint density at radius 3 is 2.77 bits per heavy atom. The molecule has 0 radical (unpaired) electrons. The second-order valence-corrected chi connectivity index (χ2v) is 2.96. The summed E-state index contributed by atoms with van der Waals surface area (Å²) in [5.41, 5.74) is 0.742. The lowest BCUT2D eigenvalue weighted by Gasteiger charge is -1.99. The zero-order valence-electron chi connectivity index (χ0n) is 6.33. The highest BCUT2D eigenvalue weighted by Gasteiger charge is 2.06. The van der Waals surface area contributed by atoms with Crippen molar-refractivity contribution in [1.82, 2.24) is 0 Å². The maximum absolute atomic E-state index is 8.57. The van der Waals surface area contributed by atoms with Gasteiger partial charge in [-0.25, -0.2) is 0 Å². The summed E-state index contributed by atoms with van der Waals surface area (Å²) >= 11 is 11.3. The van der Waals surface area contributed by atoms with Gasteiger partial charge in [0.1, 0.15) is 0 Å². The summed E-state index contributed by atoms with van der Waals surface area (Å²) in [7, 11) is 0. The lowest BCUT2D eigenvalue weighted by atomic mass is 10.1. The Morgan fingerprint density at radius 2 is 2.23 bits per heavy atom. The minimum absolute atomic E-state index is 0.137. The molecule has 0 spiro atoms. The number of hydrogen-bond donors (Lipinski definition) is 1. The van der Waals surface area contributed by atoms with Gasteiger partial charge in [0.25, 0.3) is 0 Å². The number of rotatable bonds is 1. The van der Waals surface area contributed by atoms with Crippen LogP contribution in [-0.4, -0.2) is 10.4 Å². The molecule has 0 unspecified atom stereocenters. The van der Waals surface area contributed by atoms with Crippen molar-refractivity contribution in [3.63, 3.8) is 0 Å². The first-order chi connectivity index (χ1) is 6.19. The van der Waals surface area contributed by atoms with Gasteiger partial charge < -0.3 is 5.21 Å². The number of nitriles is 1. The molecule has 1 aromatic carbocycles. The molecule has 0 saturated carbocycles. The van der Waals surface area contributed by atoms with Gasteiger partial charge >= 0.3 is 0 Å². The van der Waals surface area contributed by atoms with Crippen LogP contribution in [-0.2, 0) is 0 Å². The highest BCUT2D eigenvalue weighted by Crippen LogP contribution is 2.19. The average molecular weight is 215 g/mol. The summed E-state index contributed by atoms with van der Waals surface area (Å²) in [6, 6.07) is 6.43. The van der Waals surface area contributed by atoms with Gasteiger partial charge in [0.05, 0.1) is 16.7 Å². The van der Waals surface area contributed by atoms with Gasteiger partial charge in [0, 0.05) is 5.56 Å². The molecule has 0 fully saturated rings. The fourth-order valence-electron chi connectivity index (χ4n) is 0.807. The van der Waals surface area contributed by atoms with Crippen LogP contribution in [0.1, 0.15) is 11.1 Å². The lowest BCUT2D eigenvalue weighted by Crippen LogP contribution is -1.93. The molecule has 0 heterocycles. The third kappa shape index (κ3) is 2.11. The predicted octanol–water partition coefficient (Wildman–Crippen LogP) is 2.59. The average Bonchev–Trinajstić information content (AvgIpc) is 2.17. The molecule has 0 aliphatic rings. The van der Waals surface area contributed by atoms with Crippen LogP contribution in [0.5, 0.6) is 0 Å². The largest absolute Gasteiger partial charge is 0.410 e. The normalized spacial score (nSPS) is 11.0. The van der Waals surface area contributed by atoms with E-state index in [0.29, 0.717) is 16.1 Å². The van der Waals surface area contributed by atoms with Crippen molar-refractivity contribution in [2.75, 3.05) is 0 Å². The van der Waals surface area contributed by atoms with Crippen molar-refractivity contribution in [1.29, 1.82) is 5.26 Å². The Morgan fingerprint density at radius 1 is 1.54 bits per heavy atom. The molecule has 0 atom stereocenters. The summed E-state index contributed by atoms with van der Waals surface area (Å²) in [6.45, 7) is 0. The maximum Gasteiger partial charge on any atom is 0.176 e. The monoisotopic (exact) mass is 214 g/mol. The van der Waals surface area contributed by atoms with Crippen molar-refractivity contribution < 1.29 is 5.21 Å². The molecule has 0 amide bonds. The molecule has 1 N–H and O–H groups in total. The van der Waals surface area contributed by atoms with E-state index in [1.807, 2.05) is 6.07 Å². The second-order valence-electron chi connectivity index (χ2n) is 2.20. The smallest absolute Gasteiger partial charge is 0.176 e. The van der Waals surface area contributed by atoms with Crippen LogP contribution < -0.4 is 0 Å². The Bertz CT molecular complexity index is 396. The first-order valence-corrected chi connectivity index (χ1v) is 4.02. The third-order valence-corrected chi connectivity index (χ3v) is 2.01. The van der Waals surface area contributed by atoms with Crippen LogP contribution in [0.3, 0.4) is 0 Å². The van der Waals surface area contributed by atoms with E-state index in [9.17, 15) is 0 Å². The van der Waals surface area contributed by atoms with Crippen LogP contribution in [0.25, 0.3) is 0 Å². The van der Waals surface area contributed by atoms with Gasteiger partial charge in [-0.05, 0) is 18.2 Å². The standard InChI is InChI=1S/C8H4Cl2N2O/c9-7-2-1-5(4-11)3-6(7)8(10)12-13/h1-3,13H/b12-8-. The Kier molecular flexibility index (Phi) is 3.13. The van der Waals surface area contributed by atoms with E-state index in [4.69, 9.17) is 33.7 Å². The zero-order chi connectivity index (χ0) is 9.84. The van der Waals surface area contributed by atoms with Crippen LogP contribution >= 0.6 is 23.2 Å². The number of oxime groups is 1. The van der Waals surface area contributed by atoms with Crippen LogP contribution in [0, 0.1) is 11.3 Å². The molecule has 5 heteroatoms. The molecule has 0 aromatic heterocycles. The van der Waals surface area contributed by atoms with Crippen LogP contribution in [0.15, 0.2) is 23.4 Å². The minimum Gasteiger partial charge on any atom is -0.410 e. The first-order valence-electron chi connectivity index (χ1n) is 3.26. The molecule has 1 rings (SSSR count). The lowest BCUT2D eigenvalue weighted by molar-refractivity contribution is 0.321. The highest BCUT2D eigenvalue weighted by molar-refractivity contribution is 6.70. The van der Waals surface area contributed by atoms with Gasteiger partial charge in [0.2, 0.25) is 0 Å². The van der Waals surface area contributed by atoms with E-state index >= 15 is 0 Å². The fraction of sp³-hybridized carbons (Fsp3) is 0. The first kappa shape index (κ1) is 9.85. The van der Waals surface area contributed by atoms with Gasteiger partial charge in [-0.3, -0.25) is 0 Å². The predicted molar refractivity (Wildman–Crippen MR) is 50.3 cm³/mol. The Balaban J connectivity index is 3.29. The van der Waals surface area contributed by atoms with E-state index in [1.165, 1.54) is 12.1 Å². The quantitative estimate of drug-likeness (QED) is 0.444. The summed E-state index contributed by atoms with van der Waals surface area (Å²) in [5.74, 6) is 0. The fourth-order valence-corrected chi connectivity index (χ4v) is 1.22. The molecule has 0 saturated heterocycles. The summed E-state index contributed by atoms with van der Waals surface area (Å²) in [5, 5.41) is 19.9. The molecular formula is C8H4Cl2N2O. The Labute approximate surface area is 84.8 Å². The van der Waals surface area contributed by atoms with Gasteiger partial charge in [-0.2, -0.15) is 5.26 Å². The third-order valence-electron chi connectivity index (χ3n) is 1.41. The van der Waals surface area contributed by atoms with Crippen LogP contribution in [0.2, 0.25) is 5.02 Å². The SMILES string of the molecule is N#Cc1ccc(Cl)c(/C(Cl)=N/O)c1. The van der Waals surface area contributed by atoms with Crippen molar-refractivity contribution in [3.8, 4) is 6.07 Å². The Hall–Kier alpha value is -1.24. The van der Waals surface area contributed by atoms with Crippen molar-refractivity contribution in [3.05, 3.63) is 34.3 Å². The molecule has 1 aromatic rings. The number of hydrogen-bond acceptors (Lipinski definition) is 3. The topological polar surface area (TPSA) is 56.4 Å². The summed E-state index contributed by atoms with van der Waals surface area (Å²) in [6.07, 6.45) is 0. The van der Waals surface area contributed by atoms with E-state index in [2.05, 4.69) is 5.16 Å². The second kappa shape index (κ2) is 4.13. The molecule has 13 heavy (non-hydrogen) atoms. The molecular weight excluding hydrogens is 211 g/mol. The van der Waals surface area contributed by atoms with Gasteiger partial charge in [-0.15, -0.1) is 0 Å². The number of nitrogens with zero attached hydrogens (tertiary/aromatic N) is 2. The van der Waals surface area contributed by atoms with Crippen molar-refractivity contribution in [2.45, 2.75) is 0 Å². The molecule has 66 valence electrons. The van der Waals surface area contributed by atoms with E-state index in [0.717, 1.165) is 0 Å². The molecule has 0 bridgehead atoms.